The van der Waals surface area contributed by atoms with Crippen molar-refractivity contribution in [3.8, 4) is 5.75 Å². The molecule has 0 saturated carbocycles. The van der Waals surface area contributed by atoms with Gasteiger partial charge in [0, 0.05) is 11.1 Å². The summed E-state index contributed by atoms with van der Waals surface area (Å²) in [6.07, 6.45) is 2.96. The lowest BCUT2D eigenvalue weighted by Crippen LogP contribution is -2.17. The summed E-state index contributed by atoms with van der Waals surface area (Å²) >= 11 is 0. The highest BCUT2D eigenvalue weighted by atomic mass is 16.3. The van der Waals surface area contributed by atoms with E-state index in [1.165, 1.54) is 6.21 Å². The second-order valence-electron chi connectivity index (χ2n) is 4.39. The third-order valence-electron chi connectivity index (χ3n) is 2.99. The summed E-state index contributed by atoms with van der Waals surface area (Å²) < 4.78 is 0. The highest BCUT2D eigenvalue weighted by Crippen LogP contribution is 2.13. The number of carbonyl (C=O) groups is 1. The monoisotopic (exact) mass is 280 g/mol. The molecule has 0 unspecified atom stereocenters. The maximum Gasteiger partial charge on any atom is 0.271 e. The first kappa shape index (κ1) is 12.9. The van der Waals surface area contributed by atoms with E-state index in [2.05, 4.69) is 20.5 Å². The Labute approximate surface area is 120 Å². The molecule has 2 aromatic carbocycles. The fourth-order valence-corrected chi connectivity index (χ4v) is 1.90. The SMILES string of the molecule is O=C(NN=Cc1ccccc1O)c1ccc2nc[nH]c2c1. The van der Waals surface area contributed by atoms with Crippen LogP contribution in [0.1, 0.15) is 15.9 Å². The van der Waals surface area contributed by atoms with Crippen LogP contribution in [0.25, 0.3) is 11.0 Å². The molecule has 21 heavy (non-hydrogen) atoms. The first-order valence-electron chi connectivity index (χ1n) is 6.28. The number of imidazole rings is 1. The number of hydrazone groups is 1. The number of nitrogens with one attached hydrogen (secondary N) is 2. The van der Waals surface area contributed by atoms with Gasteiger partial charge < -0.3 is 10.1 Å². The van der Waals surface area contributed by atoms with E-state index in [0.29, 0.717) is 11.1 Å². The number of benzene rings is 2. The lowest BCUT2D eigenvalue weighted by molar-refractivity contribution is 0.0955. The largest absolute Gasteiger partial charge is 0.507 e. The van der Waals surface area contributed by atoms with Crippen molar-refractivity contribution < 1.29 is 9.90 Å². The third kappa shape index (κ3) is 2.74. The molecule has 0 atom stereocenters. The second kappa shape index (κ2) is 5.46. The Morgan fingerprint density at radius 2 is 2.14 bits per heavy atom. The van der Waals surface area contributed by atoms with E-state index in [1.54, 1.807) is 48.8 Å². The maximum atomic E-state index is 12.0. The third-order valence-corrected chi connectivity index (χ3v) is 2.99. The van der Waals surface area contributed by atoms with Crippen molar-refractivity contribution in [1.29, 1.82) is 0 Å². The molecule has 0 fully saturated rings. The summed E-state index contributed by atoms with van der Waals surface area (Å²) in [6, 6.07) is 11.9. The standard InChI is InChI=1S/C15H12N4O2/c20-14-4-2-1-3-11(14)8-18-19-15(21)10-5-6-12-13(7-10)17-9-16-12/h1-9,20H,(H,16,17)(H,19,21). The van der Waals surface area contributed by atoms with Crippen LogP contribution in [0.4, 0.5) is 0 Å². The van der Waals surface area contributed by atoms with Gasteiger partial charge in [0.1, 0.15) is 5.75 Å². The van der Waals surface area contributed by atoms with E-state index in [0.717, 1.165) is 11.0 Å². The van der Waals surface area contributed by atoms with Gasteiger partial charge in [-0.15, -0.1) is 0 Å². The molecule has 6 nitrogen and oxygen atoms in total. The Morgan fingerprint density at radius 1 is 1.29 bits per heavy atom. The number of fused-ring (bicyclic) bond motifs is 1. The predicted molar refractivity (Wildman–Crippen MR) is 79.3 cm³/mol. The average Bonchev–Trinajstić information content (AvgIpc) is 2.96. The molecule has 0 aliphatic heterocycles. The number of rotatable bonds is 3. The van der Waals surface area contributed by atoms with Gasteiger partial charge in [0.15, 0.2) is 0 Å². The van der Waals surface area contributed by atoms with E-state index in [-0.39, 0.29) is 11.7 Å². The number of aromatic nitrogens is 2. The zero-order valence-electron chi connectivity index (χ0n) is 10.9. The number of aromatic hydroxyl groups is 1. The Kier molecular flexibility index (Phi) is 3.34. The molecule has 3 aromatic rings. The number of aromatic amines is 1. The molecule has 3 N–H and O–H groups in total. The minimum absolute atomic E-state index is 0.106. The Balaban J connectivity index is 1.73. The molecule has 3 rings (SSSR count). The zero-order valence-corrected chi connectivity index (χ0v) is 10.9. The Hall–Kier alpha value is -3.15. The van der Waals surface area contributed by atoms with Gasteiger partial charge >= 0.3 is 0 Å². The molecular formula is C15H12N4O2. The molecule has 1 amide bonds. The van der Waals surface area contributed by atoms with Gasteiger partial charge in [-0.05, 0) is 30.3 Å². The van der Waals surface area contributed by atoms with Gasteiger partial charge in [-0.25, -0.2) is 10.4 Å². The highest BCUT2D eigenvalue weighted by Gasteiger charge is 2.06. The van der Waals surface area contributed by atoms with E-state index in [1.807, 2.05) is 0 Å². The van der Waals surface area contributed by atoms with Gasteiger partial charge in [-0.1, -0.05) is 12.1 Å². The molecule has 0 aliphatic rings. The number of H-pyrrole nitrogens is 1. The molecule has 104 valence electrons. The van der Waals surface area contributed by atoms with Crippen LogP contribution < -0.4 is 5.43 Å². The number of carbonyl (C=O) groups excluding carboxylic acids is 1. The van der Waals surface area contributed by atoms with Crippen molar-refractivity contribution in [1.82, 2.24) is 15.4 Å². The zero-order chi connectivity index (χ0) is 14.7. The maximum absolute atomic E-state index is 12.0. The van der Waals surface area contributed by atoms with Crippen molar-refractivity contribution in [2.75, 3.05) is 0 Å². The fraction of sp³-hybridized carbons (Fsp3) is 0. The number of para-hydroxylation sites is 1. The smallest absolute Gasteiger partial charge is 0.271 e. The first-order chi connectivity index (χ1) is 10.2. The number of phenolic OH excluding ortho intramolecular Hbond substituents is 1. The van der Waals surface area contributed by atoms with Crippen molar-refractivity contribution in [3.05, 3.63) is 59.9 Å². The Morgan fingerprint density at radius 3 is 3.00 bits per heavy atom. The van der Waals surface area contributed by atoms with Gasteiger partial charge in [0.2, 0.25) is 0 Å². The normalized spacial score (nSPS) is 11.0. The van der Waals surface area contributed by atoms with Gasteiger partial charge in [-0.2, -0.15) is 5.10 Å². The summed E-state index contributed by atoms with van der Waals surface area (Å²) in [5, 5.41) is 13.4. The van der Waals surface area contributed by atoms with E-state index >= 15 is 0 Å². The van der Waals surface area contributed by atoms with Crippen molar-refractivity contribution in [2.24, 2.45) is 5.10 Å². The topological polar surface area (TPSA) is 90.4 Å². The number of nitrogens with zero attached hydrogens (tertiary/aromatic N) is 2. The average molecular weight is 280 g/mol. The summed E-state index contributed by atoms with van der Waals surface area (Å²) in [7, 11) is 0. The second-order valence-corrected chi connectivity index (χ2v) is 4.39. The molecule has 0 aliphatic carbocycles. The van der Waals surface area contributed by atoms with Crippen LogP contribution in [0.3, 0.4) is 0 Å². The number of phenols is 1. The van der Waals surface area contributed by atoms with Crippen molar-refractivity contribution >= 4 is 23.2 Å². The van der Waals surface area contributed by atoms with Crippen LogP contribution in [0.2, 0.25) is 0 Å². The number of hydrogen-bond acceptors (Lipinski definition) is 4. The fourth-order valence-electron chi connectivity index (χ4n) is 1.90. The first-order valence-corrected chi connectivity index (χ1v) is 6.28. The number of amides is 1. The molecule has 0 radical (unpaired) electrons. The summed E-state index contributed by atoms with van der Waals surface area (Å²) in [5.41, 5.74) is 5.00. The lowest BCUT2D eigenvalue weighted by atomic mass is 10.2. The minimum atomic E-state index is -0.335. The lowest BCUT2D eigenvalue weighted by Gasteiger charge is -2.00. The molecular weight excluding hydrogens is 268 g/mol. The number of hydrogen-bond donors (Lipinski definition) is 3. The summed E-state index contributed by atoms with van der Waals surface area (Å²) in [4.78, 5) is 19.0. The van der Waals surface area contributed by atoms with Crippen LogP contribution in [0, 0.1) is 0 Å². The molecule has 0 spiro atoms. The van der Waals surface area contributed by atoms with E-state index < -0.39 is 0 Å². The molecule has 6 heteroatoms. The van der Waals surface area contributed by atoms with Gasteiger partial charge in [0.05, 0.1) is 23.6 Å². The quantitative estimate of drug-likeness (QED) is 0.506. The molecule has 0 saturated heterocycles. The van der Waals surface area contributed by atoms with Crippen molar-refractivity contribution in [3.63, 3.8) is 0 Å². The highest BCUT2D eigenvalue weighted by molar-refractivity contribution is 5.97. The molecule has 0 bridgehead atoms. The van der Waals surface area contributed by atoms with E-state index in [9.17, 15) is 9.90 Å². The van der Waals surface area contributed by atoms with Crippen LogP contribution in [-0.4, -0.2) is 27.2 Å². The molecule has 1 aromatic heterocycles. The van der Waals surface area contributed by atoms with Crippen molar-refractivity contribution in [2.45, 2.75) is 0 Å². The van der Waals surface area contributed by atoms with Crippen LogP contribution in [0.15, 0.2) is 53.9 Å². The van der Waals surface area contributed by atoms with Gasteiger partial charge in [-0.3, -0.25) is 4.79 Å². The van der Waals surface area contributed by atoms with E-state index in [4.69, 9.17) is 0 Å². The molecule has 1 heterocycles. The minimum Gasteiger partial charge on any atom is -0.507 e. The predicted octanol–water partition coefficient (Wildman–Crippen LogP) is 2.03. The van der Waals surface area contributed by atoms with Crippen LogP contribution in [0.5, 0.6) is 5.75 Å². The van der Waals surface area contributed by atoms with Crippen LogP contribution >= 0.6 is 0 Å². The summed E-state index contributed by atoms with van der Waals surface area (Å²) in [5.74, 6) is -0.229. The Bertz CT molecular complexity index is 823. The van der Waals surface area contributed by atoms with Crippen LogP contribution in [-0.2, 0) is 0 Å². The summed E-state index contributed by atoms with van der Waals surface area (Å²) in [6.45, 7) is 0. The van der Waals surface area contributed by atoms with Gasteiger partial charge in [0.25, 0.3) is 5.91 Å².